The molecule has 1 aromatic carbocycles. The highest BCUT2D eigenvalue weighted by atomic mass is 32.2. The minimum absolute atomic E-state index is 0.0905. The van der Waals surface area contributed by atoms with Crippen LogP contribution >= 0.6 is 11.8 Å². The minimum atomic E-state index is -0.580. The van der Waals surface area contributed by atoms with Crippen LogP contribution in [0, 0.1) is 6.92 Å². The SMILES string of the molecule is CCC(=O)Nc1ccc(C)c(NC(=O)[C@H](CCSC)NC(C)=O)c1. The molecule has 1 rings (SSSR count). The molecule has 0 saturated heterocycles. The van der Waals surface area contributed by atoms with Crippen molar-refractivity contribution in [2.75, 3.05) is 22.6 Å². The van der Waals surface area contributed by atoms with E-state index in [0.717, 1.165) is 11.3 Å². The lowest BCUT2D eigenvalue weighted by atomic mass is 10.1. The fraction of sp³-hybridized carbons (Fsp3) is 0.471. The van der Waals surface area contributed by atoms with Crippen molar-refractivity contribution in [1.82, 2.24) is 5.32 Å². The van der Waals surface area contributed by atoms with Crippen LogP contribution < -0.4 is 16.0 Å². The molecule has 3 amide bonds. The van der Waals surface area contributed by atoms with Crippen molar-refractivity contribution in [1.29, 1.82) is 0 Å². The molecule has 1 aromatic rings. The van der Waals surface area contributed by atoms with Crippen LogP contribution in [0.2, 0.25) is 0 Å². The first kappa shape index (κ1) is 20.0. The number of benzene rings is 1. The zero-order chi connectivity index (χ0) is 18.1. The summed E-state index contributed by atoms with van der Waals surface area (Å²) < 4.78 is 0. The van der Waals surface area contributed by atoms with Gasteiger partial charge in [0.05, 0.1) is 0 Å². The Morgan fingerprint density at radius 2 is 1.92 bits per heavy atom. The van der Waals surface area contributed by atoms with Crippen molar-refractivity contribution in [3.05, 3.63) is 23.8 Å². The third-order valence-electron chi connectivity index (χ3n) is 3.40. The predicted molar refractivity (Wildman–Crippen MR) is 99.3 cm³/mol. The molecule has 6 nitrogen and oxygen atoms in total. The average Bonchev–Trinajstić information content (AvgIpc) is 2.53. The van der Waals surface area contributed by atoms with Gasteiger partial charge in [0.2, 0.25) is 17.7 Å². The summed E-state index contributed by atoms with van der Waals surface area (Å²) in [6.07, 6.45) is 2.89. The first-order valence-electron chi connectivity index (χ1n) is 7.84. The lowest BCUT2D eigenvalue weighted by molar-refractivity contribution is -0.125. The highest BCUT2D eigenvalue weighted by Gasteiger charge is 2.19. The number of aryl methyl sites for hydroxylation is 1. The van der Waals surface area contributed by atoms with Gasteiger partial charge in [-0.05, 0) is 43.0 Å². The molecule has 0 saturated carbocycles. The second kappa shape index (κ2) is 9.97. The van der Waals surface area contributed by atoms with E-state index in [1.165, 1.54) is 6.92 Å². The second-order valence-corrected chi connectivity index (χ2v) is 6.44. The Hall–Kier alpha value is -2.02. The third kappa shape index (κ3) is 6.62. The Balaban J connectivity index is 2.87. The summed E-state index contributed by atoms with van der Waals surface area (Å²) >= 11 is 1.62. The van der Waals surface area contributed by atoms with Crippen molar-refractivity contribution >= 4 is 40.9 Å². The molecule has 0 unspecified atom stereocenters. The van der Waals surface area contributed by atoms with Crippen LogP contribution in [-0.2, 0) is 14.4 Å². The molecule has 0 bridgehead atoms. The van der Waals surface area contributed by atoms with E-state index in [-0.39, 0.29) is 17.7 Å². The first-order chi connectivity index (χ1) is 11.4. The van der Waals surface area contributed by atoms with E-state index >= 15 is 0 Å². The Morgan fingerprint density at radius 3 is 2.50 bits per heavy atom. The van der Waals surface area contributed by atoms with Gasteiger partial charge >= 0.3 is 0 Å². The van der Waals surface area contributed by atoms with Crippen molar-refractivity contribution in [3.8, 4) is 0 Å². The highest BCUT2D eigenvalue weighted by molar-refractivity contribution is 7.98. The summed E-state index contributed by atoms with van der Waals surface area (Å²) in [4.78, 5) is 35.3. The standard InChI is InChI=1S/C17H25N3O3S/c1-5-16(22)19-13-7-6-11(2)15(10-13)20-17(23)14(8-9-24-4)18-12(3)21/h6-7,10,14H,5,8-9H2,1-4H3,(H,18,21)(H,19,22)(H,20,23)/t14-/m0/s1. The minimum Gasteiger partial charge on any atom is -0.345 e. The van der Waals surface area contributed by atoms with Gasteiger partial charge in [0, 0.05) is 24.7 Å². The number of thioether (sulfide) groups is 1. The molecule has 1 atom stereocenters. The zero-order valence-corrected chi connectivity index (χ0v) is 15.4. The number of amides is 3. The maximum atomic E-state index is 12.5. The largest absolute Gasteiger partial charge is 0.345 e. The van der Waals surface area contributed by atoms with Gasteiger partial charge in [0.25, 0.3) is 0 Å². The summed E-state index contributed by atoms with van der Waals surface area (Å²) in [5.74, 6) is 0.176. The highest BCUT2D eigenvalue weighted by Crippen LogP contribution is 2.21. The lowest BCUT2D eigenvalue weighted by Gasteiger charge is -2.18. The van der Waals surface area contributed by atoms with E-state index in [2.05, 4.69) is 16.0 Å². The van der Waals surface area contributed by atoms with Gasteiger partial charge in [-0.3, -0.25) is 14.4 Å². The molecular formula is C17H25N3O3S. The molecule has 3 N–H and O–H groups in total. The Morgan fingerprint density at radius 1 is 1.21 bits per heavy atom. The Bertz CT molecular complexity index is 605. The number of anilines is 2. The molecule has 0 radical (unpaired) electrons. The maximum absolute atomic E-state index is 12.5. The topological polar surface area (TPSA) is 87.3 Å². The molecule has 132 valence electrons. The van der Waals surface area contributed by atoms with Gasteiger partial charge in [-0.2, -0.15) is 11.8 Å². The Labute approximate surface area is 147 Å². The van der Waals surface area contributed by atoms with Crippen molar-refractivity contribution < 1.29 is 14.4 Å². The van der Waals surface area contributed by atoms with E-state index in [1.54, 1.807) is 30.8 Å². The average molecular weight is 351 g/mol. The van der Waals surface area contributed by atoms with Gasteiger partial charge in [-0.1, -0.05) is 13.0 Å². The van der Waals surface area contributed by atoms with Crippen LogP contribution in [0.5, 0.6) is 0 Å². The molecule has 0 aliphatic heterocycles. The normalized spacial score (nSPS) is 11.5. The van der Waals surface area contributed by atoms with Crippen LogP contribution in [-0.4, -0.2) is 35.8 Å². The van der Waals surface area contributed by atoms with Gasteiger partial charge in [0.1, 0.15) is 6.04 Å². The quantitative estimate of drug-likeness (QED) is 0.672. The first-order valence-corrected chi connectivity index (χ1v) is 9.24. The summed E-state index contributed by atoms with van der Waals surface area (Å²) in [5, 5.41) is 8.28. The molecule has 7 heteroatoms. The maximum Gasteiger partial charge on any atom is 0.246 e. The van der Waals surface area contributed by atoms with Crippen LogP contribution in [0.3, 0.4) is 0 Å². The fourth-order valence-corrected chi connectivity index (χ4v) is 2.52. The Kier molecular flexibility index (Phi) is 8.32. The van der Waals surface area contributed by atoms with E-state index in [4.69, 9.17) is 0 Å². The van der Waals surface area contributed by atoms with Gasteiger partial charge in [-0.25, -0.2) is 0 Å². The molecule has 0 aliphatic carbocycles. The number of rotatable bonds is 8. The van der Waals surface area contributed by atoms with E-state index in [9.17, 15) is 14.4 Å². The number of hydrogen-bond donors (Lipinski definition) is 3. The lowest BCUT2D eigenvalue weighted by Crippen LogP contribution is -2.43. The second-order valence-electron chi connectivity index (χ2n) is 5.46. The molecule has 24 heavy (non-hydrogen) atoms. The fourth-order valence-electron chi connectivity index (χ4n) is 2.05. The number of nitrogens with one attached hydrogen (secondary N) is 3. The summed E-state index contributed by atoms with van der Waals surface area (Å²) in [5.41, 5.74) is 2.13. The van der Waals surface area contributed by atoms with Crippen LogP contribution in [0.15, 0.2) is 18.2 Å². The smallest absolute Gasteiger partial charge is 0.246 e. The molecule has 0 aromatic heterocycles. The number of hydrogen-bond acceptors (Lipinski definition) is 4. The molecule has 0 fully saturated rings. The van der Waals surface area contributed by atoms with Crippen molar-refractivity contribution in [2.45, 2.75) is 39.7 Å². The van der Waals surface area contributed by atoms with Crippen molar-refractivity contribution in [2.24, 2.45) is 0 Å². The van der Waals surface area contributed by atoms with Crippen LogP contribution in [0.1, 0.15) is 32.3 Å². The van der Waals surface area contributed by atoms with Crippen LogP contribution in [0.25, 0.3) is 0 Å². The predicted octanol–water partition coefficient (Wildman–Crippen LogP) is 2.54. The van der Waals surface area contributed by atoms with Crippen molar-refractivity contribution in [3.63, 3.8) is 0 Å². The van der Waals surface area contributed by atoms with Crippen LogP contribution in [0.4, 0.5) is 11.4 Å². The molecular weight excluding hydrogens is 326 g/mol. The summed E-state index contributed by atoms with van der Waals surface area (Å²) in [6.45, 7) is 5.04. The van der Waals surface area contributed by atoms with Gasteiger partial charge in [0.15, 0.2) is 0 Å². The zero-order valence-electron chi connectivity index (χ0n) is 14.6. The number of carbonyl (C=O) groups is 3. The third-order valence-corrected chi connectivity index (χ3v) is 4.05. The van der Waals surface area contributed by atoms with E-state index in [0.29, 0.717) is 24.2 Å². The van der Waals surface area contributed by atoms with E-state index in [1.807, 2.05) is 19.2 Å². The summed E-state index contributed by atoms with van der Waals surface area (Å²) in [6, 6.07) is 4.76. The number of carbonyl (C=O) groups excluding carboxylic acids is 3. The summed E-state index contributed by atoms with van der Waals surface area (Å²) in [7, 11) is 0. The van der Waals surface area contributed by atoms with Gasteiger partial charge < -0.3 is 16.0 Å². The monoisotopic (exact) mass is 351 g/mol. The van der Waals surface area contributed by atoms with Gasteiger partial charge in [-0.15, -0.1) is 0 Å². The van der Waals surface area contributed by atoms with E-state index < -0.39 is 6.04 Å². The molecule has 0 spiro atoms. The molecule has 0 aliphatic rings. The molecule has 0 heterocycles.